The number of rotatable bonds is 3. The molecule has 3 unspecified atom stereocenters. The molecule has 0 radical (unpaired) electrons. The molecule has 27 heavy (non-hydrogen) atoms. The van der Waals surface area contributed by atoms with Gasteiger partial charge in [0.05, 0.1) is 11.6 Å². The van der Waals surface area contributed by atoms with Crippen molar-refractivity contribution in [2.45, 2.75) is 50.7 Å². The standard InChI is InChI=1S/C22H24N4O/c1-2-26-12-11-23-22(26)19-20(14-7-4-3-5-8-14)25-16-10-6-9-15-17(27)13-24-21(19)18(15)16/h3-5,7-8,11-12,16,19-20,25H,2,6,9-10,13H2,1H3. The molecule has 0 amide bonds. The van der Waals surface area contributed by atoms with E-state index >= 15 is 0 Å². The molecule has 0 bridgehead atoms. The third-order valence-corrected chi connectivity index (χ3v) is 6.13. The van der Waals surface area contributed by atoms with Gasteiger partial charge in [0.2, 0.25) is 0 Å². The maximum atomic E-state index is 12.5. The molecule has 0 spiro atoms. The lowest BCUT2D eigenvalue weighted by molar-refractivity contribution is -0.114. The minimum atomic E-state index is 0.0230. The lowest BCUT2D eigenvalue weighted by Gasteiger charge is -2.44. The van der Waals surface area contributed by atoms with Crippen LogP contribution in [0.15, 0.2) is 58.9 Å². The molecule has 2 aliphatic heterocycles. The van der Waals surface area contributed by atoms with Crippen LogP contribution in [0, 0.1) is 0 Å². The Hall–Kier alpha value is -2.53. The van der Waals surface area contributed by atoms with Crippen LogP contribution in [-0.4, -0.2) is 33.6 Å². The first-order valence-corrected chi connectivity index (χ1v) is 9.91. The van der Waals surface area contributed by atoms with Crippen molar-refractivity contribution < 1.29 is 4.79 Å². The van der Waals surface area contributed by atoms with E-state index in [1.807, 2.05) is 12.4 Å². The van der Waals surface area contributed by atoms with Crippen molar-refractivity contribution >= 4 is 11.5 Å². The average molecular weight is 360 g/mol. The highest BCUT2D eigenvalue weighted by Gasteiger charge is 2.45. The molecule has 3 aliphatic rings. The highest BCUT2D eigenvalue weighted by molar-refractivity contribution is 6.17. The van der Waals surface area contributed by atoms with Crippen LogP contribution in [0.5, 0.6) is 0 Å². The molecule has 5 heteroatoms. The number of hydrogen-bond donors (Lipinski definition) is 1. The fraction of sp³-hybridized carbons (Fsp3) is 0.409. The van der Waals surface area contributed by atoms with Crippen LogP contribution in [0.25, 0.3) is 0 Å². The molecule has 1 aromatic heterocycles. The van der Waals surface area contributed by atoms with Gasteiger partial charge < -0.3 is 9.88 Å². The van der Waals surface area contributed by atoms with E-state index in [-0.39, 0.29) is 30.3 Å². The smallest absolute Gasteiger partial charge is 0.180 e. The van der Waals surface area contributed by atoms with Gasteiger partial charge in [-0.2, -0.15) is 0 Å². The minimum absolute atomic E-state index is 0.0230. The van der Waals surface area contributed by atoms with E-state index in [4.69, 9.17) is 9.98 Å². The molecular formula is C22H24N4O. The second-order valence-corrected chi connectivity index (χ2v) is 7.57. The summed E-state index contributed by atoms with van der Waals surface area (Å²) in [5.41, 5.74) is 4.51. The fourth-order valence-electron chi connectivity index (χ4n) is 4.92. The van der Waals surface area contributed by atoms with Crippen LogP contribution in [0.3, 0.4) is 0 Å². The molecule has 3 atom stereocenters. The zero-order valence-electron chi connectivity index (χ0n) is 15.6. The maximum absolute atomic E-state index is 12.5. The summed E-state index contributed by atoms with van der Waals surface area (Å²) in [4.78, 5) is 22.1. The average Bonchev–Trinajstić information content (AvgIpc) is 3.19. The normalized spacial score (nSPS) is 27.4. The van der Waals surface area contributed by atoms with Gasteiger partial charge in [-0.15, -0.1) is 0 Å². The number of piperidine rings is 1. The first-order chi connectivity index (χ1) is 13.3. The van der Waals surface area contributed by atoms with E-state index in [0.717, 1.165) is 42.9 Å². The Morgan fingerprint density at radius 2 is 2.11 bits per heavy atom. The van der Waals surface area contributed by atoms with E-state index in [2.05, 4.69) is 47.1 Å². The second-order valence-electron chi connectivity index (χ2n) is 7.57. The van der Waals surface area contributed by atoms with Gasteiger partial charge >= 0.3 is 0 Å². The van der Waals surface area contributed by atoms with Crippen molar-refractivity contribution in [3.05, 3.63) is 65.3 Å². The van der Waals surface area contributed by atoms with Gasteiger partial charge in [-0.25, -0.2) is 4.98 Å². The summed E-state index contributed by atoms with van der Waals surface area (Å²) in [6, 6.07) is 10.9. The molecular weight excluding hydrogens is 336 g/mol. The number of nitrogens with one attached hydrogen (secondary N) is 1. The monoisotopic (exact) mass is 360 g/mol. The molecule has 1 aromatic carbocycles. The lowest BCUT2D eigenvalue weighted by atomic mass is 9.71. The zero-order chi connectivity index (χ0) is 18.4. The number of carbonyl (C=O) groups is 1. The largest absolute Gasteiger partial charge is 0.335 e. The number of benzene rings is 1. The molecule has 5 rings (SSSR count). The Morgan fingerprint density at radius 3 is 2.93 bits per heavy atom. The summed E-state index contributed by atoms with van der Waals surface area (Å²) < 4.78 is 2.20. The van der Waals surface area contributed by atoms with E-state index in [0.29, 0.717) is 0 Å². The predicted octanol–water partition coefficient (Wildman–Crippen LogP) is 3.20. The number of dihydropyridines is 1. The van der Waals surface area contributed by atoms with Crippen molar-refractivity contribution in [2.24, 2.45) is 4.99 Å². The van der Waals surface area contributed by atoms with Gasteiger partial charge in [-0.3, -0.25) is 9.79 Å². The zero-order valence-corrected chi connectivity index (χ0v) is 15.6. The summed E-state index contributed by atoms with van der Waals surface area (Å²) in [5.74, 6) is 1.26. The fourth-order valence-corrected chi connectivity index (χ4v) is 4.92. The van der Waals surface area contributed by atoms with Crippen molar-refractivity contribution in [2.75, 3.05) is 6.54 Å². The molecule has 5 nitrogen and oxygen atoms in total. The molecule has 2 aromatic rings. The van der Waals surface area contributed by atoms with E-state index in [1.54, 1.807) is 0 Å². The number of imidazole rings is 1. The number of Topliss-reactive ketones (excluding diaryl/α,β-unsaturated/α-hetero) is 1. The molecule has 1 fully saturated rings. The van der Waals surface area contributed by atoms with Crippen LogP contribution >= 0.6 is 0 Å². The quantitative estimate of drug-likeness (QED) is 0.914. The van der Waals surface area contributed by atoms with Gasteiger partial charge in [0.15, 0.2) is 5.78 Å². The second kappa shape index (κ2) is 6.57. The van der Waals surface area contributed by atoms with E-state index in [9.17, 15) is 4.79 Å². The number of aryl methyl sites for hydroxylation is 1. The Kier molecular flexibility index (Phi) is 4.05. The highest BCUT2D eigenvalue weighted by Crippen LogP contribution is 2.44. The van der Waals surface area contributed by atoms with Gasteiger partial charge in [-0.05, 0) is 37.3 Å². The first-order valence-electron chi connectivity index (χ1n) is 9.91. The van der Waals surface area contributed by atoms with E-state index < -0.39 is 0 Å². The third kappa shape index (κ3) is 2.60. The maximum Gasteiger partial charge on any atom is 0.180 e. The molecule has 3 heterocycles. The van der Waals surface area contributed by atoms with Gasteiger partial charge in [0, 0.05) is 36.6 Å². The van der Waals surface area contributed by atoms with Gasteiger partial charge in [0.1, 0.15) is 12.4 Å². The van der Waals surface area contributed by atoms with Gasteiger partial charge in [0.25, 0.3) is 0 Å². The van der Waals surface area contributed by atoms with Crippen molar-refractivity contribution in [3.8, 4) is 0 Å². The number of nitrogens with zero attached hydrogens (tertiary/aromatic N) is 3. The summed E-state index contributed by atoms with van der Waals surface area (Å²) in [5, 5.41) is 3.87. The number of hydrogen-bond acceptors (Lipinski definition) is 4. The topological polar surface area (TPSA) is 59.3 Å². The Morgan fingerprint density at radius 1 is 1.26 bits per heavy atom. The summed E-state index contributed by atoms with van der Waals surface area (Å²) in [6.45, 7) is 3.29. The summed E-state index contributed by atoms with van der Waals surface area (Å²) in [6.07, 6.45) is 6.91. The van der Waals surface area contributed by atoms with Crippen LogP contribution in [0.2, 0.25) is 0 Å². The Balaban J connectivity index is 1.70. The molecule has 1 N–H and O–H groups in total. The Labute approximate surface area is 159 Å². The third-order valence-electron chi connectivity index (χ3n) is 6.13. The van der Waals surface area contributed by atoms with Gasteiger partial charge in [-0.1, -0.05) is 30.3 Å². The number of ketones is 1. The summed E-state index contributed by atoms with van der Waals surface area (Å²) in [7, 11) is 0. The lowest BCUT2D eigenvalue weighted by Crippen LogP contribution is -2.51. The first kappa shape index (κ1) is 16.6. The van der Waals surface area contributed by atoms with Crippen LogP contribution in [0.4, 0.5) is 0 Å². The van der Waals surface area contributed by atoms with E-state index in [1.165, 1.54) is 11.1 Å². The molecule has 1 aliphatic carbocycles. The SMILES string of the molecule is CCn1ccnc1C1C2=NCC(=O)C3=C2C(CCC3)NC1c1ccccc1. The van der Waals surface area contributed by atoms with Crippen LogP contribution < -0.4 is 5.32 Å². The van der Waals surface area contributed by atoms with Crippen molar-refractivity contribution in [1.82, 2.24) is 14.9 Å². The summed E-state index contributed by atoms with van der Waals surface area (Å²) >= 11 is 0. The number of carbonyl (C=O) groups excluding carboxylic acids is 1. The van der Waals surface area contributed by atoms with Crippen LogP contribution in [0.1, 0.15) is 49.5 Å². The number of aromatic nitrogens is 2. The van der Waals surface area contributed by atoms with Crippen LogP contribution in [-0.2, 0) is 11.3 Å². The van der Waals surface area contributed by atoms with Crippen molar-refractivity contribution in [1.29, 1.82) is 0 Å². The highest BCUT2D eigenvalue weighted by atomic mass is 16.1. The predicted molar refractivity (Wildman–Crippen MR) is 105 cm³/mol. The Bertz CT molecular complexity index is 940. The molecule has 0 saturated carbocycles. The van der Waals surface area contributed by atoms with Crippen molar-refractivity contribution in [3.63, 3.8) is 0 Å². The minimum Gasteiger partial charge on any atom is -0.335 e. The number of aliphatic imine (C=N–C) groups is 1. The molecule has 1 saturated heterocycles. The molecule has 138 valence electrons.